The van der Waals surface area contributed by atoms with Gasteiger partial charge in [-0.2, -0.15) is 0 Å². The molecule has 0 spiro atoms. The van der Waals surface area contributed by atoms with Crippen molar-refractivity contribution < 1.29 is 9.94 Å². The second kappa shape index (κ2) is 7.26. The quantitative estimate of drug-likeness (QED) is 0.407. The van der Waals surface area contributed by atoms with Crippen LogP contribution in [0.1, 0.15) is 43.5 Å². The number of rotatable bonds is 4. The SMILES string of the molecule is Cc1nccn1/C(=N\O)c1cccnc1OCC1CCCCC1. The molecule has 2 aromatic heterocycles. The molecule has 0 amide bonds. The molecule has 0 aromatic carbocycles. The molecule has 1 saturated carbocycles. The predicted octanol–water partition coefficient (Wildman–Crippen LogP) is 3.23. The zero-order chi connectivity index (χ0) is 16.1. The third-order valence-corrected chi connectivity index (χ3v) is 4.34. The van der Waals surface area contributed by atoms with Crippen LogP contribution >= 0.6 is 0 Å². The summed E-state index contributed by atoms with van der Waals surface area (Å²) in [6, 6.07) is 3.65. The minimum absolute atomic E-state index is 0.367. The van der Waals surface area contributed by atoms with Crippen molar-refractivity contribution >= 4 is 5.84 Å². The van der Waals surface area contributed by atoms with E-state index in [0.717, 1.165) is 5.82 Å². The average Bonchev–Trinajstić information content (AvgIpc) is 3.02. The first-order valence-electron chi connectivity index (χ1n) is 8.10. The highest BCUT2D eigenvalue weighted by molar-refractivity contribution is 6.02. The molecule has 0 aliphatic heterocycles. The maximum atomic E-state index is 9.47. The van der Waals surface area contributed by atoms with Crippen LogP contribution in [0.5, 0.6) is 5.88 Å². The zero-order valence-corrected chi connectivity index (χ0v) is 13.4. The van der Waals surface area contributed by atoms with Gasteiger partial charge in [0.05, 0.1) is 12.2 Å². The van der Waals surface area contributed by atoms with Crippen LogP contribution in [0.2, 0.25) is 0 Å². The first-order valence-corrected chi connectivity index (χ1v) is 8.10. The Labute approximate surface area is 135 Å². The molecule has 1 fully saturated rings. The summed E-state index contributed by atoms with van der Waals surface area (Å²) in [6.45, 7) is 2.51. The molecule has 122 valence electrons. The average molecular weight is 314 g/mol. The molecule has 23 heavy (non-hydrogen) atoms. The smallest absolute Gasteiger partial charge is 0.224 e. The normalized spacial score (nSPS) is 16.5. The lowest BCUT2D eigenvalue weighted by atomic mass is 9.90. The Morgan fingerprint density at radius 2 is 2.13 bits per heavy atom. The van der Waals surface area contributed by atoms with Crippen molar-refractivity contribution in [1.82, 2.24) is 14.5 Å². The molecule has 2 heterocycles. The fourth-order valence-electron chi connectivity index (χ4n) is 3.06. The topological polar surface area (TPSA) is 72.5 Å². The van der Waals surface area contributed by atoms with Gasteiger partial charge in [-0.1, -0.05) is 24.4 Å². The van der Waals surface area contributed by atoms with Gasteiger partial charge in [0.15, 0.2) is 5.84 Å². The summed E-state index contributed by atoms with van der Waals surface area (Å²) in [5, 5.41) is 12.9. The lowest BCUT2D eigenvalue weighted by molar-refractivity contribution is 0.202. The largest absolute Gasteiger partial charge is 0.477 e. The summed E-state index contributed by atoms with van der Waals surface area (Å²) in [4.78, 5) is 8.49. The van der Waals surface area contributed by atoms with Crippen LogP contribution in [-0.2, 0) is 0 Å². The first kappa shape index (κ1) is 15.5. The van der Waals surface area contributed by atoms with E-state index >= 15 is 0 Å². The number of ether oxygens (including phenoxy) is 1. The monoisotopic (exact) mass is 314 g/mol. The molecule has 6 nitrogen and oxygen atoms in total. The van der Waals surface area contributed by atoms with Crippen LogP contribution in [0.25, 0.3) is 0 Å². The summed E-state index contributed by atoms with van der Waals surface area (Å²) in [5.74, 6) is 2.19. The van der Waals surface area contributed by atoms with Crippen LogP contribution in [0.3, 0.4) is 0 Å². The molecule has 6 heteroatoms. The molecular formula is C17H22N4O2. The summed E-state index contributed by atoms with van der Waals surface area (Å²) in [5.41, 5.74) is 0.659. The molecule has 0 unspecified atom stereocenters. The highest BCUT2D eigenvalue weighted by atomic mass is 16.5. The molecule has 0 atom stereocenters. The van der Waals surface area contributed by atoms with E-state index < -0.39 is 0 Å². The van der Waals surface area contributed by atoms with Gasteiger partial charge < -0.3 is 9.94 Å². The maximum Gasteiger partial charge on any atom is 0.224 e. The van der Waals surface area contributed by atoms with Crippen LogP contribution in [-0.4, -0.2) is 32.2 Å². The first-order chi connectivity index (χ1) is 11.3. The number of hydrogen-bond donors (Lipinski definition) is 1. The van der Waals surface area contributed by atoms with Crippen molar-refractivity contribution in [1.29, 1.82) is 0 Å². The van der Waals surface area contributed by atoms with Crippen molar-refractivity contribution in [2.45, 2.75) is 39.0 Å². The van der Waals surface area contributed by atoms with Gasteiger partial charge in [0.1, 0.15) is 5.82 Å². The molecule has 3 rings (SSSR count). The summed E-state index contributed by atoms with van der Waals surface area (Å²) < 4.78 is 7.67. The Bertz CT molecular complexity index is 675. The second-order valence-corrected chi connectivity index (χ2v) is 5.94. The van der Waals surface area contributed by atoms with Gasteiger partial charge in [0.25, 0.3) is 0 Å². The van der Waals surface area contributed by atoms with Crippen molar-refractivity contribution in [3.8, 4) is 5.88 Å². The number of oxime groups is 1. The molecule has 2 aromatic rings. The molecule has 0 saturated heterocycles. The molecule has 0 radical (unpaired) electrons. The van der Waals surface area contributed by atoms with Gasteiger partial charge >= 0.3 is 0 Å². The van der Waals surface area contributed by atoms with E-state index in [4.69, 9.17) is 4.74 Å². The van der Waals surface area contributed by atoms with Crippen LogP contribution in [0.15, 0.2) is 35.9 Å². The van der Waals surface area contributed by atoms with Gasteiger partial charge in [-0.3, -0.25) is 4.57 Å². The maximum absolute atomic E-state index is 9.47. The number of aromatic nitrogens is 3. The van der Waals surface area contributed by atoms with Crippen molar-refractivity contribution in [2.24, 2.45) is 11.1 Å². The van der Waals surface area contributed by atoms with Crippen molar-refractivity contribution in [2.75, 3.05) is 6.61 Å². The zero-order valence-electron chi connectivity index (χ0n) is 13.4. The molecule has 1 N–H and O–H groups in total. The summed E-state index contributed by atoms with van der Waals surface area (Å²) in [6.07, 6.45) is 11.4. The van der Waals surface area contributed by atoms with Crippen molar-refractivity contribution in [3.63, 3.8) is 0 Å². The van der Waals surface area contributed by atoms with Crippen LogP contribution in [0.4, 0.5) is 0 Å². The molecule has 1 aliphatic rings. The Balaban J connectivity index is 1.81. The number of pyridine rings is 1. The van der Waals surface area contributed by atoms with Gasteiger partial charge in [0.2, 0.25) is 5.88 Å². The molecule has 0 bridgehead atoms. The van der Waals surface area contributed by atoms with Crippen LogP contribution < -0.4 is 4.74 Å². The molecule has 1 aliphatic carbocycles. The number of aryl methyl sites for hydroxylation is 1. The number of hydrogen-bond acceptors (Lipinski definition) is 5. The Morgan fingerprint density at radius 3 is 2.83 bits per heavy atom. The minimum atomic E-state index is 0.367. The highest BCUT2D eigenvalue weighted by Crippen LogP contribution is 2.25. The van der Waals surface area contributed by atoms with Gasteiger partial charge in [-0.05, 0) is 37.8 Å². The van der Waals surface area contributed by atoms with E-state index in [1.165, 1.54) is 32.1 Å². The van der Waals surface area contributed by atoms with E-state index in [9.17, 15) is 5.21 Å². The third kappa shape index (κ3) is 3.52. The summed E-state index contributed by atoms with van der Waals surface area (Å²) >= 11 is 0. The Hall–Kier alpha value is -2.37. The number of nitrogens with zero attached hydrogens (tertiary/aromatic N) is 4. The fraction of sp³-hybridized carbons (Fsp3) is 0.471. The highest BCUT2D eigenvalue weighted by Gasteiger charge is 2.18. The van der Waals surface area contributed by atoms with E-state index in [1.54, 1.807) is 29.2 Å². The van der Waals surface area contributed by atoms with E-state index in [0.29, 0.717) is 29.8 Å². The van der Waals surface area contributed by atoms with Gasteiger partial charge in [-0.25, -0.2) is 9.97 Å². The van der Waals surface area contributed by atoms with E-state index in [1.807, 2.05) is 13.0 Å². The number of imidazole rings is 1. The van der Waals surface area contributed by atoms with Gasteiger partial charge in [0, 0.05) is 18.6 Å². The van der Waals surface area contributed by atoms with Gasteiger partial charge in [-0.15, -0.1) is 0 Å². The third-order valence-electron chi connectivity index (χ3n) is 4.34. The Morgan fingerprint density at radius 1 is 1.30 bits per heavy atom. The van der Waals surface area contributed by atoms with Crippen LogP contribution in [0, 0.1) is 12.8 Å². The predicted molar refractivity (Wildman–Crippen MR) is 87.0 cm³/mol. The lowest BCUT2D eigenvalue weighted by Gasteiger charge is -2.22. The van der Waals surface area contributed by atoms with E-state index in [-0.39, 0.29) is 0 Å². The van der Waals surface area contributed by atoms with Crippen molar-refractivity contribution in [3.05, 3.63) is 42.1 Å². The second-order valence-electron chi connectivity index (χ2n) is 5.94. The standard InChI is InChI=1S/C17H22N4O2/c1-13-18-10-11-21(13)16(20-22)15-8-5-9-19-17(15)23-12-14-6-3-2-4-7-14/h5,8-11,14,22H,2-4,6-7,12H2,1H3/b20-16-. The fourth-order valence-corrected chi connectivity index (χ4v) is 3.06. The Kier molecular flexibility index (Phi) is 4.90. The summed E-state index contributed by atoms with van der Waals surface area (Å²) in [7, 11) is 0. The minimum Gasteiger partial charge on any atom is -0.477 e. The van der Waals surface area contributed by atoms with E-state index in [2.05, 4.69) is 15.1 Å². The molecular weight excluding hydrogens is 292 g/mol. The lowest BCUT2D eigenvalue weighted by Crippen LogP contribution is -2.19.